The third-order valence-corrected chi connectivity index (χ3v) is 2.03. The first-order valence-corrected chi connectivity index (χ1v) is 4.72. The summed E-state index contributed by atoms with van der Waals surface area (Å²) in [6, 6.07) is 7.38. The van der Waals surface area contributed by atoms with Gasteiger partial charge in [-0.1, -0.05) is 12.1 Å². The lowest BCUT2D eigenvalue weighted by atomic mass is 10.2. The zero-order valence-electron chi connectivity index (χ0n) is 8.66. The van der Waals surface area contributed by atoms with Gasteiger partial charge >= 0.3 is 0 Å². The molecule has 4 heteroatoms. The Hall–Kier alpha value is -1.73. The molecule has 4 nitrogen and oxygen atoms in total. The minimum Gasteiger partial charge on any atom is -0.504 e. The van der Waals surface area contributed by atoms with E-state index in [2.05, 4.69) is 5.32 Å². The number of nitriles is 1. The second-order valence-corrected chi connectivity index (χ2v) is 3.05. The zero-order chi connectivity index (χ0) is 11.1. The summed E-state index contributed by atoms with van der Waals surface area (Å²) in [6.07, 6.45) is 0.463. The third kappa shape index (κ3) is 3.15. The van der Waals surface area contributed by atoms with E-state index in [1.165, 1.54) is 7.11 Å². The molecule has 0 atom stereocenters. The van der Waals surface area contributed by atoms with Crippen LogP contribution in [0.3, 0.4) is 0 Å². The van der Waals surface area contributed by atoms with Crippen molar-refractivity contribution in [1.82, 2.24) is 5.32 Å². The van der Waals surface area contributed by atoms with Gasteiger partial charge < -0.3 is 15.2 Å². The normalized spacial score (nSPS) is 9.60. The quantitative estimate of drug-likeness (QED) is 0.715. The van der Waals surface area contributed by atoms with Crippen LogP contribution in [-0.4, -0.2) is 18.8 Å². The van der Waals surface area contributed by atoms with Crippen LogP contribution in [0.25, 0.3) is 0 Å². The summed E-state index contributed by atoms with van der Waals surface area (Å²) in [5.41, 5.74) is 0.771. The van der Waals surface area contributed by atoms with Gasteiger partial charge in [0.05, 0.1) is 13.2 Å². The Kier molecular flexibility index (Phi) is 4.45. The van der Waals surface area contributed by atoms with Crippen molar-refractivity contribution in [1.29, 1.82) is 5.26 Å². The largest absolute Gasteiger partial charge is 0.504 e. The maximum absolute atomic E-state index is 9.72. The predicted octanol–water partition coefficient (Wildman–Crippen LogP) is 1.40. The molecule has 15 heavy (non-hydrogen) atoms. The lowest BCUT2D eigenvalue weighted by molar-refractivity contribution is 0.369. The van der Waals surface area contributed by atoms with Gasteiger partial charge in [-0.2, -0.15) is 5.26 Å². The Bertz CT molecular complexity index is 358. The molecule has 0 aliphatic rings. The number of ether oxygens (including phenoxy) is 1. The number of methoxy groups -OCH3 is 1. The molecule has 0 amide bonds. The smallest absolute Gasteiger partial charge is 0.162 e. The number of aromatic hydroxyl groups is 1. The average molecular weight is 206 g/mol. The minimum atomic E-state index is 0.157. The highest BCUT2D eigenvalue weighted by molar-refractivity contribution is 5.45. The van der Waals surface area contributed by atoms with E-state index >= 15 is 0 Å². The van der Waals surface area contributed by atoms with Crippen LogP contribution in [0.1, 0.15) is 12.0 Å². The Balaban J connectivity index is 2.58. The van der Waals surface area contributed by atoms with Gasteiger partial charge in [-0.3, -0.25) is 0 Å². The van der Waals surface area contributed by atoms with Crippen LogP contribution < -0.4 is 10.1 Å². The number of nitrogens with one attached hydrogen (secondary N) is 1. The van der Waals surface area contributed by atoms with Gasteiger partial charge in [-0.05, 0) is 6.07 Å². The van der Waals surface area contributed by atoms with Gasteiger partial charge in [0, 0.05) is 25.1 Å². The molecule has 0 heterocycles. The summed E-state index contributed by atoms with van der Waals surface area (Å²) in [5, 5.41) is 21.1. The van der Waals surface area contributed by atoms with E-state index in [9.17, 15) is 5.11 Å². The Labute approximate surface area is 89.1 Å². The molecule has 2 N–H and O–H groups in total. The van der Waals surface area contributed by atoms with Crippen LogP contribution >= 0.6 is 0 Å². The molecule has 0 unspecified atom stereocenters. The topological polar surface area (TPSA) is 65.3 Å². The van der Waals surface area contributed by atoms with E-state index in [-0.39, 0.29) is 5.75 Å². The van der Waals surface area contributed by atoms with Crippen LogP contribution in [0.4, 0.5) is 0 Å². The highest BCUT2D eigenvalue weighted by Crippen LogP contribution is 2.28. The second-order valence-electron chi connectivity index (χ2n) is 3.05. The minimum absolute atomic E-state index is 0.157. The number of phenols is 1. The molecule has 0 saturated carbocycles. The average Bonchev–Trinajstić information content (AvgIpc) is 2.26. The van der Waals surface area contributed by atoms with Crippen molar-refractivity contribution < 1.29 is 9.84 Å². The monoisotopic (exact) mass is 206 g/mol. The van der Waals surface area contributed by atoms with E-state index in [4.69, 9.17) is 10.00 Å². The molecule has 0 bridgehead atoms. The molecule has 80 valence electrons. The van der Waals surface area contributed by atoms with E-state index < -0.39 is 0 Å². The molecular weight excluding hydrogens is 192 g/mol. The van der Waals surface area contributed by atoms with Crippen molar-refractivity contribution in [3.8, 4) is 17.6 Å². The molecular formula is C11H14N2O2. The molecule has 1 aromatic carbocycles. The van der Waals surface area contributed by atoms with Gasteiger partial charge in [0.1, 0.15) is 0 Å². The zero-order valence-corrected chi connectivity index (χ0v) is 8.66. The maximum atomic E-state index is 9.72. The summed E-state index contributed by atoms with van der Waals surface area (Å²) in [4.78, 5) is 0. The third-order valence-electron chi connectivity index (χ3n) is 2.03. The predicted molar refractivity (Wildman–Crippen MR) is 56.6 cm³/mol. The van der Waals surface area contributed by atoms with E-state index in [0.717, 1.165) is 5.56 Å². The molecule has 0 aliphatic carbocycles. The van der Waals surface area contributed by atoms with Gasteiger partial charge in [0.15, 0.2) is 11.5 Å². The van der Waals surface area contributed by atoms with Crippen molar-refractivity contribution in [2.75, 3.05) is 13.7 Å². The van der Waals surface area contributed by atoms with Crippen molar-refractivity contribution in [2.24, 2.45) is 0 Å². The molecule has 0 fully saturated rings. The van der Waals surface area contributed by atoms with E-state index in [0.29, 0.717) is 25.3 Å². The highest BCUT2D eigenvalue weighted by Gasteiger charge is 2.05. The molecule has 0 aliphatic heterocycles. The van der Waals surface area contributed by atoms with Crippen molar-refractivity contribution in [3.05, 3.63) is 23.8 Å². The maximum Gasteiger partial charge on any atom is 0.162 e. The fraction of sp³-hybridized carbons (Fsp3) is 0.364. The Morgan fingerprint density at radius 1 is 1.53 bits per heavy atom. The van der Waals surface area contributed by atoms with Crippen LogP contribution in [-0.2, 0) is 6.54 Å². The first kappa shape index (κ1) is 11.3. The van der Waals surface area contributed by atoms with Gasteiger partial charge in [-0.25, -0.2) is 0 Å². The molecule has 0 radical (unpaired) electrons. The molecule has 0 saturated heterocycles. The summed E-state index contributed by atoms with van der Waals surface area (Å²) in [6.45, 7) is 1.15. The van der Waals surface area contributed by atoms with Crippen LogP contribution in [0.5, 0.6) is 11.5 Å². The lowest BCUT2D eigenvalue weighted by Crippen LogP contribution is -2.14. The van der Waals surface area contributed by atoms with Crippen LogP contribution in [0.2, 0.25) is 0 Å². The van der Waals surface area contributed by atoms with Crippen molar-refractivity contribution >= 4 is 0 Å². The van der Waals surface area contributed by atoms with Gasteiger partial charge in [0.25, 0.3) is 0 Å². The summed E-state index contributed by atoms with van der Waals surface area (Å²) >= 11 is 0. The summed E-state index contributed by atoms with van der Waals surface area (Å²) in [7, 11) is 1.52. The Morgan fingerprint density at radius 2 is 2.33 bits per heavy atom. The number of phenolic OH excluding ortho intramolecular Hbond substituents is 1. The van der Waals surface area contributed by atoms with Crippen LogP contribution in [0.15, 0.2) is 18.2 Å². The summed E-state index contributed by atoms with van der Waals surface area (Å²) < 4.78 is 4.98. The lowest BCUT2D eigenvalue weighted by Gasteiger charge is -2.08. The first-order chi connectivity index (χ1) is 7.29. The molecule has 1 rings (SSSR count). The van der Waals surface area contributed by atoms with E-state index in [1.807, 2.05) is 18.2 Å². The fourth-order valence-corrected chi connectivity index (χ4v) is 1.24. The van der Waals surface area contributed by atoms with E-state index in [1.54, 1.807) is 6.07 Å². The van der Waals surface area contributed by atoms with Gasteiger partial charge in [-0.15, -0.1) is 0 Å². The molecule has 1 aromatic rings. The number of hydrogen-bond donors (Lipinski definition) is 2. The fourth-order valence-electron chi connectivity index (χ4n) is 1.24. The van der Waals surface area contributed by atoms with Crippen molar-refractivity contribution in [2.45, 2.75) is 13.0 Å². The molecule has 0 aromatic heterocycles. The first-order valence-electron chi connectivity index (χ1n) is 4.72. The number of para-hydroxylation sites is 1. The number of rotatable bonds is 5. The van der Waals surface area contributed by atoms with Crippen LogP contribution in [0, 0.1) is 11.3 Å². The SMILES string of the molecule is COc1cccc(CNCCC#N)c1O. The summed E-state index contributed by atoms with van der Waals surface area (Å²) in [5.74, 6) is 0.624. The van der Waals surface area contributed by atoms with Gasteiger partial charge in [0.2, 0.25) is 0 Å². The molecule has 0 spiro atoms. The Morgan fingerprint density at radius 3 is 3.00 bits per heavy atom. The van der Waals surface area contributed by atoms with Crippen molar-refractivity contribution in [3.63, 3.8) is 0 Å². The highest BCUT2D eigenvalue weighted by atomic mass is 16.5. The number of benzene rings is 1. The number of hydrogen-bond acceptors (Lipinski definition) is 4. The number of nitrogens with zero attached hydrogens (tertiary/aromatic N) is 1. The second kappa shape index (κ2) is 5.89. The standard InChI is InChI=1S/C11H14N2O2/c1-15-10-5-2-4-9(11(10)14)8-13-7-3-6-12/h2,4-5,13-14H,3,7-8H2,1H3.